The van der Waals surface area contributed by atoms with Gasteiger partial charge in [-0.1, -0.05) is 175 Å². The minimum absolute atomic E-state index is 0.0374. The predicted molar refractivity (Wildman–Crippen MR) is 247 cm³/mol. The van der Waals surface area contributed by atoms with Crippen LogP contribution in [-0.2, 0) is 19.1 Å². The highest BCUT2D eigenvalue weighted by Crippen LogP contribution is 2.23. The third-order valence-electron chi connectivity index (χ3n) is 12.5. The molecule has 342 valence electrons. The van der Waals surface area contributed by atoms with Crippen molar-refractivity contribution >= 4 is 18.3 Å². The molecule has 0 radical (unpaired) electrons. The van der Waals surface area contributed by atoms with Crippen molar-refractivity contribution in [3.63, 3.8) is 0 Å². The summed E-state index contributed by atoms with van der Waals surface area (Å²) in [4.78, 5) is 34.2. The van der Waals surface area contributed by atoms with Crippen LogP contribution in [0.1, 0.15) is 234 Å². The van der Waals surface area contributed by atoms with Crippen LogP contribution in [-0.4, -0.2) is 91.3 Å². The average molecular weight is 820 g/mol. The van der Waals surface area contributed by atoms with Gasteiger partial charge in [0.15, 0.2) is 0 Å². The Bertz CT molecular complexity index is 964. The van der Waals surface area contributed by atoms with Crippen LogP contribution in [0.2, 0.25) is 0 Å². The Labute approximate surface area is 359 Å². The van der Waals surface area contributed by atoms with Crippen LogP contribution in [0.15, 0.2) is 4.99 Å². The number of esters is 2. The van der Waals surface area contributed by atoms with Gasteiger partial charge in [0, 0.05) is 38.5 Å². The van der Waals surface area contributed by atoms with Gasteiger partial charge in [0.25, 0.3) is 0 Å². The number of unbranched alkanes of at least 4 members (excludes halogenated alkanes) is 16. The van der Waals surface area contributed by atoms with Crippen molar-refractivity contribution < 1.29 is 24.2 Å². The van der Waals surface area contributed by atoms with E-state index in [0.29, 0.717) is 56.9 Å². The molecule has 1 N–H and O–H groups in total. The fourth-order valence-corrected chi connectivity index (χ4v) is 8.48. The monoisotopic (exact) mass is 820 g/mol. The molecule has 8 nitrogen and oxygen atoms in total. The zero-order valence-corrected chi connectivity index (χ0v) is 39.2. The Morgan fingerprint density at radius 2 is 1.03 bits per heavy atom. The highest BCUT2D eigenvalue weighted by atomic mass is 16.5. The first-order valence-corrected chi connectivity index (χ1v) is 25.3. The van der Waals surface area contributed by atoms with Crippen LogP contribution >= 0.6 is 0 Å². The first-order valence-electron chi connectivity index (χ1n) is 25.3. The average Bonchev–Trinajstić information content (AvgIpc) is 3.63. The van der Waals surface area contributed by atoms with E-state index in [1.165, 1.54) is 128 Å². The number of hydrogen-bond acceptors (Lipinski definition) is 8. The quantitative estimate of drug-likeness (QED) is 0.0484. The largest absolute Gasteiger partial charge is 0.466 e. The van der Waals surface area contributed by atoms with Gasteiger partial charge in [0.05, 0.1) is 32.2 Å². The number of nitrogens with zero attached hydrogens (tertiary/aromatic N) is 3. The van der Waals surface area contributed by atoms with Crippen molar-refractivity contribution in [2.24, 2.45) is 16.8 Å². The van der Waals surface area contributed by atoms with Gasteiger partial charge in [-0.3, -0.25) is 19.5 Å². The fourth-order valence-electron chi connectivity index (χ4n) is 8.48. The van der Waals surface area contributed by atoms with Gasteiger partial charge >= 0.3 is 11.9 Å². The van der Waals surface area contributed by atoms with E-state index in [1.807, 2.05) is 6.34 Å². The zero-order chi connectivity index (χ0) is 42.3. The summed E-state index contributed by atoms with van der Waals surface area (Å²) in [6.07, 6.45) is 36.8. The standard InChI is InChI=1S/C50H97N3O5/c1-6-10-14-16-22-30-46(28-20-12-8-3)35-40-57-49(55)33-24-18-19-27-37-52(38-39-53-44-51-42-45(53)5)43-48(54)32-25-26-34-50(56)58-41-36-47(29-21-13-9-4)31-23-17-15-11-7-2/h44-48,54H,6-43H2,1-5H3. The lowest BCUT2D eigenvalue weighted by Crippen LogP contribution is -2.41. The van der Waals surface area contributed by atoms with Crippen LogP contribution < -0.4 is 0 Å². The summed E-state index contributed by atoms with van der Waals surface area (Å²) in [6, 6.07) is 0.427. The Morgan fingerprint density at radius 3 is 1.53 bits per heavy atom. The van der Waals surface area contributed by atoms with E-state index < -0.39 is 6.10 Å². The van der Waals surface area contributed by atoms with Crippen LogP contribution in [0, 0.1) is 11.8 Å². The molecule has 58 heavy (non-hydrogen) atoms. The molecule has 0 amide bonds. The van der Waals surface area contributed by atoms with Crippen molar-refractivity contribution in [3.8, 4) is 0 Å². The van der Waals surface area contributed by atoms with E-state index in [9.17, 15) is 14.7 Å². The van der Waals surface area contributed by atoms with Crippen LogP contribution in [0.3, 0.4) is 0 Å². The molecular weight excluding hydrogens is 723 g/mol. The Balaban J connectivity index is 2.35. The minimum Gasteiger partial charge on any atom is -0.466 e. The lowest BCUT2D eigenvalue weighted by molar-refractivity contribution is -0.145. The van der Waals surface area contributed by atoms with E-state index >= 15 is 0 Å². The molecule has 1 rings (SSSR count). The second kappa shape index (κ2) is 39.5. The van der Waals surface area contributed by atoms with Crippen molar-refractivity contribution in [2.45, 2.75) is 246 Å². The molecule has 0 bridgehead atoms. The van der Waals surface area contributed by atoms with E-state index in [2.05, 4.69) is 49.4 Å². The molecule has 8 heteroatoms. The number of rotatable bonds is 43. The number of aliphatic hydroxyl groups excluding tert-OH is 1. The maximum Gasteiger partial charge on any atom is 0.305 e. The molecule has 0 aromatic heterocycles. The summed E-state index contributed by atoms with van der Waals surface area (Å²) in [5, 5.41) is 11.0. The molecule has 0 saturated heterocycles. The summed E-state index contributed by atoms with van der Waals surface area (Å²) in [6.45, 7) is 16.6. The van der Waals surface area contributed by atoms with Crippen LogP contribution in [0.5, 0.6) is 0 Å². The smallest absolute Gasteiger partial charge is 0.305 e. The molecule has 1 heterocycles. The van der Waals surface area contributed by atoms with Crippen molar-refractivity contribution in [3.05, 3.63) is 0 Å². The second-order valence-electron chi connectivity index (χ2n) is 18.1. The number of carbonyl (C=O) groups is 2. The first-order chi connectivity index (χ1) is 28.3. The molecule has 0 fully saturated rings. The predicted octanol–water partition coefficient (Wildman–Crippen LogP) is 12.9. The van der Waals surface area contributed by atoms with Gasteiger partial charge in [0.1, 0.15) is 0 Å². The second-order valence-corrected chi connectivity index (χ2v) is 18.1. The number of aliphatic imine (C=N–C) groups is 1. The molecule has 4 atom stereocenters. The highest BCUT2D eigenvalue weighted by Gasteiger charge is 2.18. The maximum absolute atomic E-state index is 12.5. The highest BCUT2D eigenvalue weighted by molar-refractivity contribution is 5.69. The molecule has 0 saturated carbocycles. The van der Waals surface area contributed by atoms with Crippen molar-refractivity contribution in [1.29, 1.82) is 0 Å². The zero-order valence-electron chi connectivity index (χ0n) is 39.2. The molecule has 0 aromatic rings. The first kappa shape index (κ1) is 54.3. The maximum atomic E-state index is 12.5. The van der Waals surface area contributed by atoms with Crippen molar-refractivity contribution in [2.75, 3.05) is 45.9 Å². The Morgan fingerprint density at radius 1 is 0.603 bits per heavy atom. The minimum atomic E-state index is -0.413. The van der Waals surface area contributed by atoms with E-state index in [1.54, 1.807) is 0 Å². The van der Waals surface area contributed by atoms with Crippen LogP contribution in [0.25, 0.3) is 0 Å². The number of aliphatic hydroxyl groups is 1. The topological polar surface area (TPSA) is 91.7 Å². The van der Waals surface area contributed by atoms with Gasteiger partial charge in [-0.05, 0) is 63.8 Å². The third-order valence-corrected chi connectivity index (χ3v) is 12.5. The lowest BCUT2D eigenvalue weighted by atomic mass is 9.92. The van der Waals surface area contributed by atoms with Gasteiger partial charge in [0.2, 0.25) is 0 Å². The molecule has 0 spiro atoms. The van der Waals surface area contributed by atoms with E-state index in [0.717, 1.165) is 77.5 Å². The SMILES string of the molecule is CCCCCCCC(CCCCC)CCOC(=O)CCCCCCN(CCN1C=NCC1C)CC(O)CCCCC(=O)OCCC(CCCCC)CCCCCCC. The third kappa shape index (κ3) is 32.1. The summed E-state index contributed by atoms with van der Waals surface area (Å²) < 4.78 is 11.4. The molecule has 1 aliphatic heterocycles. The van der Waals surface area contributed by atoms with Gasteiger partial charge in [-0.15, -0.1) is 0 Å². The number of carbonyl (C=O) groups excluding carboxylic acids is 2. The Hall–Kier alpha value is -1.67. The number of ether oxygens (including phenoxy) is 2. The molecule has 0 aromatic carbocycles. The van der Waals surface area contributed by atoms with Gasteiger partial charge in [-0.2, -0.15) is 0 Å². The Kier molecular flexibility index (Phi) is 37.0. The van der Waals surface area contributed by atoms with Gasteiger partial charge < -0.3 is 19.5 Å². The molecule has 1 aliphatic rings. The normalized spacial score (nSPS) is 15.6. The molecule has 0 aliphatic carbocycles. The number of hydrogen-bond donors (Lipinski definition) is 1. The molecule has 4 unspecified atom stereocenters. The molecular formula is C50H97N3O5. The fraction of sp³-hybridized carbons (Fsp3) is 0.940. The lowest BCUT2D eigenvalue weighted by Gasteiger charge is -2.28. The summed E-state index contributed by atoms with van der Waals surface area (Å²) >= 11 is 0. The van der Waals surface area contributed by atoms with E-state index in [-0.39, 0.29) is 11.9 Å². The summed E-state index contributed by atoms with van der Waals surface area (Å²) in [7, 11) is 0. The summed E-state index contributed by atoms with van der Waals surface area (Å²) in [5.74, 6) is 1.24. The van der Waals surface area contributed by atoms with Crippen molar-refractivity contribution in [1.82, 2.24) is 9.80 Å². The van der Waals surface area contributed by atoms with E-state index in [4.69, 9.17) is 9.47 Å². The summed E-state index contributed by atoms with van der Waals surface area (Å²) in [5.41, 5.74) is 0. The van der Waals surface area contributed by atoms with Crippen LogP contribution in [0.4, 0.5) is 0 Å². The van der Waals surface area contributed by atoms with Gasteiger partial charge in [-0.25, -0.2) is 0 Å².